The van der Waals surface area contributed by atoms with Crippen molar-refractivity contribution >= 4 is 5.91 Å². The molecule has 4 nitrogen and oxygen atoms in total. The first-order valence-electron chi connectivity index (χ1n) is 6.36. The highest BCUT2D eigenvalue weighted by molar-refractivity contribution is 5.83. The quantitative estimate of drug-likeness (QED) is 0.891. The van der Waals surface area contributed by atoms with Crippen molar-refractivity contribution in [2.75, 3.05) is 13.1 Å². The molecule has 1 fully saturated rings. The highest BCUT2D eigenvalue weighted by Gasteiger charge is 2.29. The molecular formula is C14H16FN3O. The summed E-state index contributed by atoms with van der Waals surface area (Å²) in [7, 11) is 0. The number of carbonyl (C=O) groups is 1. The number of carbonyl (C=O) groups excluding carboxylic acids is 1. The minimum absolute atomic E-state index is 0.0109. The summed E-state index contributed by atoms with van der Waals surface area (Å²) in [5, 5.41) is 11.8. The van der Waals surface area contributed by atoms with Crippen molar-refractivity contribution in [3.8, 4) is 6.07 Å². The molecule has 2 rings (SSSR count). The summed E-state index contributed by atoms with van der Waals surface area (Å²) < 4.78 is 13.3. The second-order valence-electron chi connectivity index (χ2n) is 4.57. The van der Waals surface area contributed by atoms with Crippen LogP contribution in [-0.4, -0.2) is 29.9 Å². The summed E-state index contributed by atoms with van der Waals surface area (Å²) in [6.07, 6.45) is 0.754. The number of rotatable bonds is 4. The molecule has 1 saturated heterocycles. The van der Waals surface area contributed by atoms with Crippen molar-refractivity contribution in [1.82, 2.24) is 10.2 Å². The monoisotopic (exact) mass is 261 g/mol. The van der Waals surface area contributed by atoms with Crippen molar-refractivity contribution in [1.29, 1.82) is 5.26 Å². The lowest BCUT2D eigenvalue weighted by atomic mass is 10.1. The van der Waals surface area contributed by atoms with E-state index in [9.17, 15) is 9.18 Å². The van der Waals surface area contributed by atoms with Crippen LogP contribution < -0.4 is 5.32 Å². The van der Waals surface area contributed by atoms with Gasteiger partial charge in [-0.2, -0.15) is 5.26 Å². The first kappa shape index (κ1) is 13.5. The van der Waals surface area contributed by atoms with E-state index < -0.39 is 0 Å². The molecule has 1 amide bonds. The standard InChI is InChI=1S/C14H16FN3O/c1-2-18(13-5-6-17-14(13)19)9-11-7-12(15)4-3-10(11)8-16/h3-4,7,13H,2,5-6,9H2,1H3,(H,17,19). The SMILES string of the molecule is CCN(Cc1cc(F)ccc1C#N)C1CCNC1=O. The Morgan fingerprint density at radius 3 is 2.95 bits per heavy atom. The molecule has 0 saturated carbocycles. The predicted molar refractivity (Wildman–Crippen MR) is 68.6 cm³/mol. The highest BCUT2D eigenvalue weighted by atomic mass is 19.1. The van der Waals surface area contributed by atoms with E-state index in [1.807, 2.05) is 11.8 Å². The third-order valence-corrected chi connectivity index (χ3v) is 3.43. The van der Waals surface area contributed by atoms with Crippen molar-refractivity contribution in [2.45, 2.75) is 25.9 Å². The summed E-state index contributed by atoms with van der Waals surface area (Å²) in [5.41, 5.74) is 1.09. The van der Waals surface area contributed by atoms with Gasteiger partial charge >= 0.3 is 0 Å². The lowest BCUT2D eigenvalue weighted by Crippen LogP contribution is -2.40. The van der Waals surface area contributed by atoms with Gasteiger partial charge in [-0.25, -0.2) is 4.39 Å². The van der Waals surface area contributed by atoms with Crippen LogP contribution in [0.15, 0.2) is 18.2 Å². The second-order valence-corrected chi connectivity index (χ2v) is 4.57. The van der Waals surface area contributed by atoms with Crippen molar-refractivity contribution in [3.05, 3.63) is 35.1 Å². The van der Waals surface area contributed by atoms with Crippen LogP contribution >= 0.6 is 0 Å². The van der Waals surface area contributed by atoms with Gasteiger partial charge in [-0.1, -0.05) is 6.92 Å². The Kier molecular flexibility index (Phi) is 4.13. The van der Waals surface area contributed by atoms with Crippen LogP contribution in [0.2, 0.25) is 0 Å². The van der Waals surface area contributed by atoms with Gasteiger partial charge in [0.2, 0.25) is 5.91 Å². The van der Waals surface area contributed by atoms with Crippen LogP contribution in [0.3, 0.4) is 0 Å². The average molecular weight is 261 g/mol. The average Bonchev–Trinajstić information content (AvgIpc) is 2.82. The molecular weight excluding hydrogens is 245 g/mol. The number of likely N-dealkylation sites (N-methyl/N-ethyl adjacent to an activating group) is 1. The molecule has 0 spiro atoms. The molecule has 1 aliphatic heterocycles. The van der Waals surface area contributed by atoms with Gasteiger partial charge < -0.3 is 5.32 Å². The van der Waals surface area contributed by atoms with Gasteiger partial charge in [0.25, 0.3) is 0 Å². The molecule has 1 aliphatic rings. The van der Waals surface area contributed by atoms with E-state index in [-0.39, 0.29) is 17.8 Å². The van der Waals surface area contributed by atoms with Crippen LogP contribution in [-0.2, 0) is 11.3 Å². The van der Waals surface area contributed by atoms with Gasteiger partial charge in [0.1, 0.15) is 5.82 Å². The summed E-state index contributed by atoms with van der Waals surface area (Å²) in [5.74, 6) is -0.349. The molecule has 1 N–H and O–H groups in total. The molecule has 5 heteroatoms. The lowest BCUT2D eigenvalue weighted by molar-refractivity contribution is -0.123. The fraction of sp³-hybridized carbons (Fsp3) is 0.429. The minimum Gasteiger partial charge on any atom is -0.355 e. The Labute approximate surface area is 111 Å². The van der Waals surface area contributed by atoms with Crippen LogP contribution in [0.5, 0.6) is 0 Å². The summed E-state index contributed by atoms with van der Waals surface area (Å²) in [6, 6.07) is 6.01. The molecule has 100 valence electrons. The maximum atomic E-state index is 13.3. The summed E-state index contributed by atoms with van der Waals surface area (Å²) in [6.45, 7) is 3.72. The van der Waals surface area contributed by atoms with Gasteiger partial charge in [0.05, 0.1) is 17.7 Å². The van der Waals surface area contributed by atoms with Crippen LogP contribution in [0.1, 0.15) is 24.5 Å². The van der Waals surface area contributed by atoms with Gasteiger partial charge in [-0.15, -0.1) is 0 Å². The Hall–Kier alpha value is -1.93. The van der Waals surface area contributed by atoms with E-state index in [0.29, 0.717) is 30.8 Å². The third kappa shape index (κ3) is 2.91. The topological polar surface area (TPSA) is 56.1 Å². The van der Waals surface area contributed by atoms with E-state index in [4.69, 9.17) is 5.26 Å². The molecule has 0 bridgehead atoms. The fourth-order valence-corrected chi connectivity index (χ4v) is 2.39. The molecule has 19 heavy (non-hydrogen) atoms. The molecule has 1 unspecified atom stereocenters. The number of nitrogens with one attached hydrogen (secondary N) is 1. The molecule has 0 aliphatic carbocycles. The highest BCUT2D eigenvalue weighted by Crippen LogP contribution is 2.17. The number of halogens is 1. The summed E-state index contributed by atoms with van der Waals surface area (Å²) >= 11 is 0. The Bertz CT molecular complexity index is 524. The molecule has 1 heterocycles. The van der Waals surface area contributed by atoms with Crippen molar-refractivity contribution in [3.63, 3.8) is 0 Å². The van der Waals surface area contributed by atoms with Gasteiger partial charge in [-0.05, 0) is 36.7 Å². The Morgan fingerprint density at radius 2 is 2.37 bits per heavy atom. The zero-order valence-corrected chi connectivity index (χ0v) is 10.8. The zero-order valence-electron chi connectivity index (χ0n) is 10.8. The van der Waals surface area contributed by atoms with Gasteiger partial charge in [-0.3, -0.25) is 9.69 Å². The molecule has 1 aromatic carbocycles. The van der Waals surface area contributed by atoms with Gasteiger partial charge in [0, 0.05) is 13.1 Å². The first-order chi connectivity index (χ1) is 9.15. The zero-order chi connectivity index (χ0) is 13.8. The first-order valence-corrected chi connectivity index (χ1v) is 6.36. The largest absolute Gasteiger partial charge is 0.355 e. The third-order valence-electron chi connectivity index (χ3n) is 3.43. The number of nitrogens with zero attached hydrogens (tertiary/aromatic N) is 2. The maximum absolute atomic E-state index is 13.3. The van der Waals surface area contributed by atoms with E-state index in [1.54, 1.807) is 0 Å². The Morgan fingerprint density at radius 1 is 1.58 bits per heavy atom. The smallest absolute Gasteiger partial charge is 0.237 e. The van der Waals surface area contributed by atoms with Crippen LogP contribution in [0.25, 0.3) is 0 Å². The van der Waals surface area contributed by atoms with Crippen molar-refractivity contribution < 1.29 is 9.18 Å². The predicted octanol–water partition coefficient (Wildman–Crippen LogP) is 1.41. The van der Waals surface area contributed by atoms with Crippen LogP contribution in [0, 0.1) is 17.1 Å². The van der Waals surface area contributed by atoms with E-state index in [1.165, 1.54) is 18.2 Å². The van der Waals surface area contributed by atoms with Crippen LogP contribution in [0.4, 0.5) is 4.39 Å². The second kappa shape index (κ2) is 5.81. The lowest BCUT2D eigenvalue weighted by Gasteiger charge is -2.25. The van der Waals surface area contributed by atoms with Gasteiger partial charge in [0.15, 0.2) is 0 Å². The normalized spacial score (nSPS) is 18.4. The summed E-state index contributed by atoms with van der Waals surface area (Å²) in [4.78, 5) is 13.7. The number of nitriles is 1. The maximum Gasteiger partial charge on any atom is 0.237 e. The minimum atomic E-state index is -0.360. The molecule has 1 aromatic rings. The van der Waals surface area contributed by atoms with Crippen molar-refractivity contribution in [2.24, 2.45) is 0 Å². The van der Waals surface area contributed by atoms with E-state index >= 15 is 0 Å². The van der Waals surface area contributed by atoms with E-state index in [2.05, 4.69) is 11.4 Å². The number of hydrogen-bond donors (Lipinski definition) is 1. The molecule has 0 radical (unpaired) electrons. The van der Waals surface area contributed by atoms with E-state index in [0.717, 1.165) is 6.42 Å². The Balaban J connectivity index is 2.21. The number of hydrogen-bond acceptors (Lipinski definition) is 3. The molecule has 1 atom stereocenters. The number of amides is 1. The fourth-order valence-electron chi connectivity index (χ4n) is 2.39. The number of benzene rings is 1. The molecule has 0 aromatic heterocycles.